The number of benzene rings is 2. The van der Waals surface area contributed by atoms with E-state index in [0.717, 1.165) is 32.9 Å². The molecule has 1 aromatic heterocycles. The van der Waals surface area contributed by atoms with E-state index in [1.165, 1.54) is 25.3 Å². The van der Waals surface area contributed by atoms with E-state index in [0.29, 0.717) is 35.2 Å². The number of phenolic OH excluding ortho intramolecular Hbond substituents is 1. The van der Waals surface area contributed by atoms with Gasteiger partial charge in [0, 0.05) is 24.2 Å². The molecule has 238 valence electrons. The minimum absolute atomic E-state index is 0.0952. The molecule has 2 saturated heterocycles. The average Bonchev–Trinajstić information content (AvgIpc) is 3.58. The summed E-state index contributed by atoms with van der Waals surface area (Å²) in [7, 11) is 1.52. The maximum absolute atomic E-state index is 13.9. The number of aromatic nitrogens is 1. The summed E-state index contributed by atoms with van der Waals surface area (Å²) < 4.78 is 12.5. The van der Waals surface area contributed by atoms with E-state index in [9.17, 15) is 24.8 Å². The molecule has 0 saturated carbocycles. The van der Waals surface area contributed by atoms with Crippen LogP contribution in [0.3, 0.4) is 0 Å². The third kappa shape index (κ3) is 5.81. The average molecular weight is 736 g/mol. The van der Waals surface area contributed by atoms with Gasteiger partial charge in [-0.1, -0.05) is 31.6 Å². The first kappa shape index (κ1) is 31.9. The van der Waals surface area contributed by atoms with E-state index in [4.69, 9.17) is 9.47 Å². The minimum Gasteiger partial charge on any atom is -0.504 e. The number of hydrogen-bond donors (Lipinski definition) is 1. The fourth-order valence-electron chi connectivity index (χ4n) is 7.11. The molecule has 2 aliphatic heterocycles. The number of methoxy groups -OCH3 is 1. The molecule has 3 aliphatic rings. The van der Waals surface area contributed by atoms with Gasteiger partial charge in [-0.3, -0.25) is 24.7 Å². The van der Waals surface area contributed by atoms with E-state index in [1.807, 2.05) is 30.3 Å². The maximum atomic E-state index is 13.9. The van der Waals surface area contributed by atoms with Crippen LogP contribution in [0.1, 0.15) is 44.4 Å². The number of pyridine rings is 1. The van der Waals surface area contributed by atoms with Crippen LogP contribution < -0.4 is 9.64 Å². The highest BCUT2D eigenvalue weighted by atomic mass is 127. The zero-order valence-electron chi connectivity index (χ0n) is 25.7. The lowest BCUT2D eigenvalue weighted by molar-refractivity contribution is -0.384. The summed E-state index contributed by atoms with van der Waals surface area (Å²) in [6.07, 6.45) is 5.29. The summed E-state index contributed by atoms with van der Waals surface area (Å²) in [6, 6.07) is 15.1. The second-order valence-corrected chi connectivity index (χ2v) is 13.3. The summed E-state index contributed by atoms with van der Waals surface area (Å²) in [5, 5.41) is 21.8. The van der Waals surface area contributed by atoms with Crippen molar-refractivity contribution >= 4 is 57.4 Å². The van der Waals surface area contributed by atoms with Crippen molar-refractivity contribution < 1.29 is 29.1 Å². The molecular formula is C35H34IN3O7. The zero-order chi connectivity index (χ0) is 32.7. The van der Waals surface area contributed by atoms with Crippen LogP contribution in [0.25, 0.3) is 11.6 Å². The Kier molecular flexibility index (Phi) is 8.97. The van der Waals surface area contributed by atoms with Gasteiger partial charge in [-0.25, -0.2) is 4.90 Å². The maximum Gasteiger partial charge on any atom is 0.271 e. The summed E-state index contributed by atoms with van der Waals surface area (Å²) in [5.41, 5.74) is 4.99. The number of carbonyl (C=O) groups excluding carboxylic acids is 2. The van der Waals surface area contributed by atoms with Crippen LogP contribution in [0.4, 0.5) is 11.4 Å². The van der Waals surface area contributed by atoms with Gasteiger partial charge in [-0.2, -0.15) is 0 Å². The third-order valence-corrected chi connectivity index (χ3v) is 10.0. The molecule has 10 nitrogen and oxygen atoms in total. The first-order valence-corrected chi connectivity index (χ1v) is 16.3. The number of imide groups is 1. The summed E-state index contributed by atoms with van der Waals surface area (Å²) >= 11 is 2.08. The number of hydrogen-bond acceptors (Lipinski definition) is 8. The Morgan fingerprint density at radius 2 is 1.98 bits per heavy atom. The van der Waals surface area contributed by atoms with Crippen LogP contribution in [0, 0.1) is 37.4 Å². The molecule has 0 bridgehead atoms. The van der Waals surface area contributed by atoms with Crippen molar-refractivity contribution in [2.45, 2.75) is 39.2 Å². The number of phenols is 1. The number of amides is 2. The Balaban J connectivity index is 1.30. The Hall–Kier alpha value is -4.10. The molecule has 46 heavy (non-hydrogen) atoms. The summed E-state index contributed by atoms with van der Waals surface area (Å²) in [5.74, 6) is -1.36. The number of rotatable bonds is 9. The van der Waals surface area contributed by atoms with Gasteiger partial charge in [0.05, 0.1) is 51.5 Å². The summed E-state index contributed by atoms with van der Waals surface area (Å²) in [6.45, 7) is 4.54. The molecule has 0 spiro atoms. The van der Waals surface area contributed by atoms with E-state index in [2.05, 4.69) is 41.4 Å². The Morgan fingerprint density at radius 3 is 2.67 bits per heavy atom. The predicted molar refractivity (Wildman–Crippen MR) is 181 cm³/mol. The molecule has 3 heterocycles. The van der Waals surface area contributed by atoms with Gasteiger partial charge in [-0.15, -0.1) is 0 Å². The number of carbonyl (C=O) groups is 2. The number of halogens is 1. The predicted octanol–water partition coefficient (Wildman–Crippen LogP) is 6.81. The normalized spacial score (nSPS) is 22.8. The zero-order valence-corrected chi connectivity index (χ0v) is 27.8. The highest BCUT2D eigenvalue weighted by Crippen LogP contribution is 2.52. The molecule has 0 unspecified atom stereocenters. The van der Waals surface area contributed by atoms with Crippen LogP contribution in [0.15, 0.2) is 71.9 Å². The Bertz CT molecular complexity index is 1770. The molecule has 2 fully saturated rings. The molecule has 6 rings (SSSR count). The van der Waals surface area contributed by atoms with E-state index >= 15 is 0 Å². The van der Waals surface area contributed by atoms with Gasteiger partial charge >= 0.3 is 0 Å². The molecule has 3 aromatic rings. The number of fused-ring (bicyclic) bond motifs is 3. The standard InChI is InChI=1S/C35H34IN3O7/c1-19(2)24-17-25-32(35(42)38(34(25)41)22-7-6-8-23(16-22)39(43)44)26-18-46-29(31(24)26)11-10-21(28-9-4-5-12-37-28)13-20-14-27(36)33(40)30(15-20)45-3/h4-9,12-16,19,25-26,29,32,40H,10-11,17-18H2,1-3H3/b21-13-/t25-,26+,29-,32-/m1/s1. The van der Waals surface area contributed by atoms with Crippen LogP contribution in [0.2, 0.25) is 0 Å². The van der Waals surface area contributed by atoms with E-state index in [-0.39, 0.29) is 46.9 Å². The quantitative estimate of drug-likeness (QED) is 0.0835. The molecule has 1 N–H and O–H groups in total. The molecule has 4 atom stereocenters. The van der Waals surface area contributed by atoms with Crippen LogP contribution in [0.5, 0.6) is 11.5 Å². The number of anilines is 1. The molecule has 2 aromatic carbocycles. The van der Waals surface area contributed by atoms with Crippen molar-refractivity contribution in [3.05, 3.63) is 96.9 Å². The summed E-state index contributed by atoms with van der Waals surface area (Å²) in [4.78, 5) is 44.3. The fourth-order valence-corrected chi connectivity index (χ4v) is 7.73. The van der Waals surface area contributed by atoms with Gasteiger partial charge in [0.25, 0.3) is 5.69 Å². The van der Waals surface area contributed by atoms with Crippen molar-refractivity contribution in [1.29, 1.82) is 0 Å². The molecule has 0 radical (unpaired) electrons. The SMILES string of the molecule is COc1cc(/C=C(/CC[C@H]2OC[C@H]3C2=C(C(C)C)C[C@H]2C(=O)N(c4cccc([N+](=O)[O-])c4)C(=O)[C@H]23)c2ccccn2)cc(I)c1O. The topological polar surface area (TPSA) is 132 Å². The molecular weight excluding hydrogens is 701 g/mol. The van der Waals surface area contributed by atoms with Crippen molar-refractivity contribution in [2.24, 2.45) is 23.7 Å². The highest BCUT2D eigenvalue weighted by molar-refractivity contribution is 14.1. The molecule has 1 aliphatic carbocycles. The van der Waals surface area contributed by atoms with Crippen molar-refractivity contribution in [3.63, 3.8) is 0 Å². The molecule has 2 amide bonds. The van der Waals surface area contributed by atoms with Crippen molar-refractivity contribution in [2.75, 3.05) is 18.6 Å². The van der Waals surface area contributed by atoms with Crippen molar-refractivity contribution in [3.8, 4) is 11.5 Å². The van der Waals surface area contributed by atoms with Gasteiger partial charge in [0.1, 0.15) is 0 Å². The minimum atomic E-state index is -0.577. The van der Waals surface area contributed by atoms with Crippen LogP contribution in [-0.4, -0.2) is 46.6 Å². The number of nitro groups is 1. The van der Waals surface area contributed by atoms with Crippen LogP contribution in [-0.2, 0) is 14.3 Å². The first-order valence-electron chi connectivity index (χ1n) is 15.2. The lowest BCUT2D eigenvalue weighted by atomic mass is 9.67. The van der Waals surface area contributed by atoms with Gasteiger partial charge in [0.15, 0.2) is 11.5 Å². The van der Waals surface area contributed by atoms with Gasteiger partial charge < -0.3 is 14.6 Å². The number of nitrogens with zero attached hydrogens (tertiary/aromatic N) is 3. The van der Waals surface area contributed by atoms with E-state index < -0.39 is 16.8 Å². The van der Waals surface area contributed by atoms with Crippen molar-refractivity contribution in [1.82, 2.24) is 4.98 Å². The second kappa shape index (κ2) is 13.0. The van der Waals surface area contributed by atoms with E-state index in [1.54, 1.807) is 18.3 Å². The fraction of sp³-hybridized carbons (Fsp3) is 0.343. The number of non-ortho nitro benzene ring substituents is 1. The number of nitro benzene ring substituents is 1. The Labute approximate surface area is 280 Å². The molecule has 11 heteroatoms. The largest absolute Gasteiger partial charge is 0.504 e. The smallest absolute Gasteiger partial charge is 0.271 e. The van der Waals surface area contributed by atoms with Gasteiger partial charge in [0.2, 0.25) is 11.8 Å². The second-order valence-electron chi connectivity index (χ2n) is 12.2. The lowest BCUT2D eigenvalue weighted by Crippen LogP contribution is -2.35. The Morgan fingerprint density at radius 1 is 1.17 bits per heavy atom. The lowest BCUT2D eigenvalue weighted by Gasteiger charge is -2.33. The highest BCUT2D eigenvalue weighted by Gasteiger charge is 2.57. The van der Waals surface area contributed by atoms with Gasteiger partial charge in [-0.05, 0) is 101 Å². The number of ether oxygens (including phenoxy) is 2. The number of aromatic hydroxyl groups is 1. The number of allylic oxidation sites excluding steroid dienone is 2. The monoisotopic (exact) mass is 735 g/mol. The third-order valence-electron chi connectivity index (χ3n) is 9.22. The first-order chi connectivity index (χ1) is 22.1. The van der Waals surface area contributed by atoms with Crippen LogP contribution >= 0.6 is 22.6 Å².